The van der Waals surface area contributed by atoms with Gasteiger partial charge in [-0.25, -0.2) is 15.0 Å². The average molecular weight is 400 g/mol. The third-order valence-electron chi connectivity index (χ3n) is 4.76. The van der Waals surface area contributed by atoms with Gasteiger partial charge >= 0.3 is 0 Å². The monoisotopic (exact) mass is 399 g/mol. The number of hydrogen-bond acceptors (Lipinski definition) is 7. The van der Waals surface area contributed by atoms with E-state index in [-0.39, 0.29) is 6.04 Å². The maximum atomic E-state index is 5.15. The van der Waals surface area contributed by atoms with Crippen LogP contribution < -0.4 is 5.32 Å². The summed E-state index contributed by atoms with van der Waals surface area (Å²) in [7, 11) is 3.82. The van der Waals surface area contributed by atoms with Crippen molar-refractivity contribution in [2.75, 3.05) is 32.6 Å². The summed E-state index contributed by atoms with van der Waals surface area (Å²) in [5, 5.41) is 7.74. The Morgan fingerprint density at radius 1 is 1.21 bits per heavy atom. The lowest BCUT2D eigenvalue weighted by Gasteiger charge is -2.22. The first-order valence-corrected chi connectivity index (χ1v) is 10.5. The number of aromatic nitrogens is 3. The van der Waals surface area contributed by atoms with Crippen molar-refractivity contribution < 1.29 is 4.74 Å². The Hall–Kier alpha value is -2.09. The number of benzene rings is 1. The molecule has 150 valence electrons. The van der Waals surface area contributed by atoms with E-state index in [1.807, 2.05) is 6.92 Å². The molecule has 0 fully saturated rings. The number of rotatable bonds is 9. The Labute approximate surface area is 171 Å². The van der Waals surface area contributed by atoms with Gasteiger partial charge in [0.2, 0.25) is 0 Å². The van der Waals surface area contributed by atoms with E-state index < -0.39 is 0 Å². The van der Waals surface area contributed by atoms with Crippen LogP contribution in [-0.4, -0.2) is 47.2 Å². The van der Waals surface area contributed by atoms with Gasteiger partial charge in [0.05, 0.1) is 18.1 Å². The van der Waals surface area contributed by atoms with Crippen LogP contribution in [0.2, 0.25) is 0 Å². The van der Waals surface area contributed by atoms with Crippen molar-refractivity contribution >= 4 is 28.1 Å². The molecule has 28 heavy (non-hydrogen) atoms. The lowest BCUT2D eigenvalue weighted by molar-refractivity contribution is 0.198. The maximum absolute atomic E-state index is 5.15. The first-order chi connectivity index (χ1) is 13.5. The number of fused-ring (bicyclic) bond motifs is 1. The van der Waals surface area contributed by atoms with Crippen LogP contribution in [-0.2, 0) is 11.3 Å². The third kappa shape index (κ3) is 5.04. The van der Waals surface area contributed by atoms with Crippen molar-refractivity contribution in [2.24, 2.45) is 0 Å². The minimum Gasteiger partial charge on any atom is -0.385 e. The van der Waals surface area contributed by atoms with E-state index in [1.165, 1.54) is 5.56 Å². The lowest BCUT2D eigenvalue weighted by Crippen LogP contribution is -2.23. The summed E-state index contributed by atoms with van der Waals surface area (Å²) in [6, 6.07) is 6.53. The average Bonchev–Trinajstić information content (AvgIpc) is 3.11. The highest BCUT2D eigenvalue weighted by molar-refractivity contribution is 7.09. The summed E-state index contributed by atoms with van der Waals surface area (Å²) < 4.78 is 5.15. The van der Waals surface area contributed by atoms with Gasteiger partial charge in [0.1, 0.15) is 16.6 Å². The summed E-state index contributed by atoms with van der Waals surface area (Å²) in [5.74, 6) is 1.71. The molecular weight excluding hydrogens is 370 g/mol. The number of methoxy groups -OCH3 is 1. The molecule has 2 aromatic heterocycles. The standard InChI is InChI=1S/C21H29N5OS/c1-14-7-8-18-17(11-14)20(22-9-6-10-27-5)25-19(24-18)12-26(4)16(3)21-23-15(2)13-28-21/h7-8,11,13,16H,6,9-10,12H2,1-5H3,(H,22,24,25)/t16-/m1/s1. The lowest BCUT2D eigenvalue weighted by atomic mass is 10.1. The van der Waals surface area contributed by atoms with Crippen LogP contribution in [0.3, 0.4) is 0 Å². The number of thiazole rings is 1. The molecule has 7 heteroatoms. The number of nitrogens with one attached hydrogen (secondary N) is 1. The van der Waals surface area contributed by atoms with Gasteiger partial charge in [-0.05, 0) is 46.4 Å². The molecule has 0 aliphatic heterocycles. The van der Waals surface area contributed by atoms with Crippen LogP contribution in [0.4, 0.5) is 5.82 Å². The molecule has 0 bridgehead atoms. The SMILES string of the molecule is COCCCNc1nc(CN(C)[C@H](C)c2nc(C)cs2)nc2ccc(C)cc12. The van der Waals surface area contributed by atoms with Gasteiger partial charge < -0.3 is 10.1 Å². The van der Waals surface area contributed by atoms with Gasteiger partial charge in [0.25, 0.3) is 0 Å². The summed E-state index contributed by atoms with van der Waals surface area (Å²) in [5.41, 5.74) is 3.24. The maximum Gasteiger partial charge on any atom is 0.145 e. The zero-order valence-corrected chi connectivity index (χ0v) is 18.1. The topological polar surface area (TPSA) is 63.2 Å². The van der Waals surface area contributed by atoms with Gasteiger partial charge in [0, 0.05) is 36.7 Å². The second-order valence-corrected chi connectivity index (χ2v) is 8.09. The van der Waals surface area contributed by atoms with Crippen molar-refractivity contribution in [1.82, 2.24) is 19.9 Å². The molecule has 6 nitrogen and oxygen atoms in total. The molecule has 1 atom stereocenters. The molecule has 0 saturated heterocycles. The fraction of sp³-hybridized carbons (Fsp3) is 0.476. The Kier molecular flexibility index (Phi) is 6.93. The molecule has 0 aliphatic carbocycles. The second kappa shape index (κ2) is 9.41. The van der Waals surface area contributed by atoms with E-state index in [0.29, 0.717) is 6.54 Å². The number of ether oxygens (including phenoxy) is 1. The predicted molar refractivity (Wildman–Crippen MR) is 116 cm³/mol. The summed E-state index contributed by atoms with van der Waals surface area (Å²) in [6.45, 7) is 8.51. The van der Waals surface area contributed by atoms with Gasteiger partial charge in [-0.15, -0.1) is 11.3 Å². The predicted octanol–water partition coefficient (Wildman–Crippen LogP) is 4.34. The summed E-state index contributed by atoms with van der Waals surface area (Å²) in [4.78, 5) is 16.5. The van der Waals surface area contributed by atoms with Crippen molar-refractivity contribution in [3.63, 3.8) is 0 Å². The Morgan fingerprint density at radius 3 is 2.75 bits per heavy atom. The molecule has 2 heterocycles. The largest absolute Gasteiger partial charge is 0.385 e. The number of nitrogens with zero attached hydrogens (tertiary/aromatic N) is 4. The fourth-order valence-corrected chi connectivity index (χ4v) is 3.95. The van der Waals surface area contributed by atoms with Crippen LogP contribution in [0.1, 0.15) is 41.5 Å². The number of anilines is 1. The molecule has 0 radical (unpaired) electrons. The molecule has 0 unspecified atom stereocenters. The molecular formula is C21H29N5OS. The molecule has 1 aromatic carbocycles. The Bertz CT molecular complexity index is 926. The highest BCUT2D eigenvalue weighted by atomic mass is 32.1. The van der Waals surface area contributed by atoms with Gasteiger partial charge in [0.15, 0.2) is 0 Å². The first kappa shape index (κ1) is 20.6. The third-order valence-corrected chi connectivity index (χ3v) is 5.89. The van der Waals surface area contributed by atoms with Crippen LogP contribution in [0.15, 0.2) is 23.6 Å². The minimum absolute atomic E-state index is 0.217. The molecule has 3 rings (SSSR count). The van der Waals surface area contributed by atoms with Crippen LogP contribution in [0.5, 0.6) is 0 Å². The fourth-order valence-electron chi connectivity index (χ4n) is 3.03. The van der Waals surface area contributed by atoms with Crippen molar-refractivity contribution in [1.29, 1.82) is 0 Å². The van der Waals surface area contributed by atoms with E-state index in [4.69, 9.17) is 14.7 Å². The highest BCUT2D eigenvalue weighted by Crippen LogP contribution is 2.25. The van der Waals surface area contributed by atoms with Crippen molar-refractivity contribution in [3.05, 3.63) is 45.7 Å². The van der Waals surface area contributed by atoms with E-state index in [9.17, 15) is 0 Å². The van der Waals surface area contributed by atoms with E-state index >= 15 is 0 Å². The quantitative estimate of drug-likeness (QED) is 0.540. The minimum atomic E-state index is 0.217. The molecule has 0 amide bonds. The summed E-state index contributed by atoms with van der Waals surface area (Å²) >= 11 is 1.70. The van der Waals surface area contributed by atoms with Gasteiger partial charge in [-0.1, -0.05) is 11.6 Å². The molecule has 3 aromatic rings. The molecule has 0 spiro atoms. The van der Waals surface area contributed by atoms with Gasteiger partial charge in [-0.3, -0.25) is 4.90 Å². The smallest absolute Gasteiger partial charge is 0.145 e. The van der Waals surface area contributed by atoms with Crippen LogP contribution in [0, 0.1) is 13.8 Å². The summed E-state index contributed by atoms with van der Waals surface area (Å²) in [6.07, 6.45) is 0.934. The second-order valence-electron chi connectivity index (χ2n) is 7.20. The highest BCUT2D eigenvalue weighted by Gasteiger charge is 2.17. The van der Waals surface area contributed by atoms with Crippen molar-refractivity contribution in [3.8, 4) is 0 Å². The Balaban J connectivity index is 1.82. The molecule has 1 N–H and O–H groups in total. The van der Waals surface area contributed by atoms with E-state index in [1.54, 1.807) is 18.4 Å². The van der Waals surface area contributed by atoms with E-state index in [2.05, 4.69) is 59.7 Å². The van der Waals surface area contributed by atoms with Gasteiger partial charge in [-0.2, -0.15) is 0 Å². The molecule has 0 saturated carbocycles. The number of aryl methyl sites for hydroxylation is 2. The van der Waals surface area contributed by atoms with E-state index in [0.717, 1.165) is 52.8 Å². The van der Waals surface area contributed by atoms with Crippen LogP contribution >= 0.6 is 11.3 Å². The van der Waals surface area contributed by atoms with Crippen LogP contribution in [0.25, 0.3) is 10.9 Å². The normalized spacial score (nSPS) is 12.6. The Morgan fingerprint density at radius 2 is 2.04 bits per heavy atom. The first-order valence-electron chi connectivity index (χ1n) is 9.60. The zero-order valence-electron chi connectivity index (χ0n) is 17.3. The van der Waals surface area contributed by atoms with Crippen molar-refractivity contribution in [2.45, 2.75) is 39.8 Å². The zero-order chi connectivity index (χ0) is 20.1. The number of hydrogen-bond donors (Lipinski definition) is 1. The molecule has 0 aliphatic rings.